The summed E-state index contributed by atoms with van der Waals surface area (Å²) in [6.45, 7) is 4.18. The van der Waals surface area contributed by atoms with Crippen molar-refractivity contribution in [2.45, 2.75) is 122 Å². The molecular weight excluding hydrogens is 396 g/mol. The van der Waals surface area contributed by atoms with Crippen molar-refractivity contribution in [3.05, 3.63) is 0 Å². The van der Waals surface area contributed by atoms with E-state index in [1.807, 2.05) is 6.92 Å². The minimum absolute atomic E-state index is 0.120. The first-order chi connectivity index (χ1) is 15.0. The number of ether oxygens (including phenoxy) is 2. The third-order valence-corrected chi connectivity index (χ3v) is 6.40. The topological polar surface area (TPSA) is 96.2 Å². The standard InChI is InChI=1S/C25H50O6/c1-4-6-7-8-11-14-17-23(31-21-25(5-2,19-26)20-27)22(28)16-13-10-9-12-15-18-24(29)30-3/h22-23,26-28H,4-21H2,1-3H3. The molecule has 31 heavy (non-hydrogen) atoms. The molecule has 0 aromatic rings. The summed E-state index contributed by atoms with van der Waals surface area (Å²) in [7, 11) is 1.42. The Morgan fingerprint density at radius 3 is 1.94 bits per heavy atom. The van der Waals surface area contributed by atoms with Crippen molar-refractivity contribution in [2.75, 3.05) is 26.9 Å². The van der Waals surface area contributed by atoms with Gasteiger partial charge in [0.1, 0.15) is 0 Å². The number of esters is 1. The monoisotopic (exact) mass is 446 g/mol. The number of hydrogen-bond donors (Lipinski definition) is 3. The van der Waals surface area contributed by atoms with Gasteiger partial charge in [0, 0.05) is 11.8 Å². The molecule has 0 bridgehead atoms. The van der Waals surface area contributed by atoms with Gasteiger partial charge < -0.3 is 24.8 Å². The lowest BCUT2D eigenvalue weighted by molar-refractivity contribution is -0.140. The fourth-order valence-electron chi connectivity index (χ4n) is 3.70. The molecule has 186 valence electrons. The van der Waals surface area contributed by atoms with Crippen molar-refractivity contribution in [2.24, 2.45) is 5.41 Å². The number of carbonyl (C=O) groups is 1. The Morgan fingerprint density at radius 1 is 0.839 bits per heavy atom. The second-order valence-electron chi connectivity index (χ2n) is 9.03. The Labute approximate surface area is 190 Å². The number of aliphatic hydroxyl groups is 3. The lowest BCUT2D eigenvalue weighted by atomic mass is 9.88. The molecule has 0 spiro atoms. The first-order valence-corrected chi connectivity index (χ1v) is 12.6. The van der Waals surface area contributed by atoms with Crippen LogP contribution in [0.4, 0.5) is 0 Å². The van der Waals surface area contributed by atoms with Crippen LogP contribution in [0.2, 0.25) is 0 Å². The molecule has 0 radical (unpaired) electrons. The van der Waals surface area contributed by atoms with Crippen molar-refractivity contribution in [3.8, 4) is 0 Å². The highest BCUT2D eigenvalue weighted by Crippen LogP contribution is 2.24. The van der Waals surface area contributed by atoms with Crippen LogP contribution in [0.5, 0.6) is 0 Å². The minimum atomic E-state index is -0.640. The zero-order valence-electron chi connectivity index (χ0n) is 20.4. The second-order valence-corrected chi connectivity index (χ2v) is 9.03. The summed E-state index contributed by atoms with van der Waals surface area (Å²) in [5.74, 6) is -0.154. The number of methoxy groups -OCH3 is 1. The van der Waals surface area contributed by atoms with Crippen molar-refractivity contribution >= 4 is 5.97 Å². The van der Waals surface area contributed by atoms with E-state index in [4.69, 9.17) is 4.74 Å². The normalized spacial score (nSPS) is 13.9. The molecule has 2 unspecified atom stereocenters. The maximum atomic E-state index is 11.1. The van der Waals surface area contributed by atoms with E-state index in [0.717, 1.165) is 51.4 Å². The van der Waals surface area contributed by atoms with Gasteiger partial charge in [0.25, 0.3) is 0 Å². The van der Waals surface area contributed by atoms with Crippen molar-refractivity contribution in [1.29, 1.82) is 0 Å². The van der Waals surface area contributed by atoms with Crippen LogP contribution < -0.4 is 0 Å². The summed E-state index contributed by atoms with van der Waals surface area (Å²) >= 11 is 0. The van der Waals surface area contributed by atoms with E-state index in [1.165, 1.54) is 32.8 Å². The third kappa shape index (κ3) is 14.9. The van der Waals surface area contributed by atoms with Gasteiger partial charge in [-0.15, -0.1) is 0 Å². The van der Waals surface area contributed by atoms with Gasteiger partial charge in [-0.2, -0.15) is 0 Å². The quantitative estimate of drug-likeness (QED) is 0.164. The highest BCUT2D eigenvalue weighted by atomic mass is 16.5. The molecule has 0 aromatic heterocycles. The number of unbranched alkanes of at least 4 members (excludes halogenated alkanes) is 9. The van der Waals surface area contributed by atoms with Crippen LogP contribution in [0, 0.1) is 5.41 Å². The molecule has 0 aliphatic rings. The summed E-state index contributed by atoms with van der Waals surface area (Å²) in [6, 6.07) is 0. The third-order valence-electron chi connectivity index (χ3n) is 6.40. The molecule has 0 aliphatic carbocycles. The van der Waals surface area contributed by atoms with Gasteiger partial charge >= 0.3 is 5.97 Å². The van der Waals surface area contributed by atoms with E-state index in [1.54, 1.807) is 0 Å². The first-order valence-electron chi connectivity index (χ1n) is 12.6. The molecular formula is C25H50O6. The van der Waals surface area contributed by atoms with Crippen LogP contribution in [0.25, 0.3) is 0 Å². The summed E-state index contributed by atoms with van der Waals surface area (Å²) in [4.78, 5) is 11.1. The van der Waals surface area contributed by atoms with Crippen LogP contribution in [-0.4, -0.2) is 60.4 Å². The average Bonchev–Trinajstić information content (AvgIpc) is 2.79. The van der Waals surface area contributed by atoms with E-state index in [0.29, 0.717) is 19.3 Å². The molecule has 0 saturated heterocycles. The van der Waals surface area contributed by atoms with E-state index in [-0.39, 0.29) is 31.9 Å². The zero-order valence-corrected chi connectivity index (χ0v) is 20.4. The molecule has 0 rings (SSSR count). The number of aliphatic hydroxyl groups excluding tert-OH is 3. The minimum Gasteiger partial charge on any atom is -0.469 e. The molecule has 0 fully saturated rings. The van der Waals surface area contributed by atoms with Gasteiger partial charge in [-0.25, -0.2) is 0 Å². The Bertz CT molecular complexity index is 403. The number of rotatable bonds is 22. The Hall–Kier alpha value is -0.690. The van der Waals surface area contributed by atoms with Crippen molar-refractivity contribution in [3.63, 3.8) is 0 Å². The molecule has 0 aromatic carbocycles. The molecule has 0 amide bonds. The van der Waals surface area contributed by atoms with E-state index >= 15 is 0 Å². The molecule has 0 heterocycles. The average molecular weight is 447 g/mol. The van der Waals surface area contributed by atoms with Crippen molar-refractivity contribution < 1.29 is 29.6 Å². The van der Waals surface area contributed by atoms with Crippen LogP contribution in [-0.2, 0) is 14.3 Å². The van der Waals surface area contributed by atoms with E-state index < -0.39 is 11.5 Å². The number of hydrogen-bond acceptors (Lipinski definition) is 6. The van der Waals surface area contributed by atoms with Gasteiger partial charge in [0.15, 0.2) is 0 Å². The summed E-state index contributed by atoms with van der Waals surface area (Å²) in [5, 5.41) is 30.1. The van der Waals surface area contributed by atoms with Crippen LogP contribution >= 0.6 is 0 Å². The lowest BCUT2D eigenvalue weighted by Gasteiger charge is -2.32. The van der Waals surface area contributed by atoms with Gasteiger partial charge in [-0.3, -0.25) is 4.79 Å². The highest BCUT2D eigenvalue weighted by molar-refractivity contribution is 5.68. The van der Waals surface area contributed by atoms with Crippen LogP contribution in [0.1, 0.15) is 110 Å². The van der Waals surface area contributed by atoms with Crippen LogP contribution in [0.3, 0.4) is 0 Å². The highest BCUT2D eigenvalue weighted by Gasteiger charge is 2.30. The van der Waals surface area contributed by atoms with Crippen molar-refractivity contribution in [1.82, 2.24) is 0 Å². The Morgan fingerprint density at radius 2 is 1.39 bits per heavy atom. The fourth-order valence-corrected chi connectivity index (χ4v) is 3.70. The number of carbonyl (C=O) groups excluding carboxylic acids is 1. The molecule has 0 saturated carbocycles. The molecule has 6 heteroatoms. The SMILES string of the molecule is CCCCCCCCC(OCC(CC)(CO)CO)C(O)CCCCCCCC(=O)OC. The summed E-state index contributed by atoms with van der Waals surface area (Å²) < 4.78 is 10.7. The largest absolute Gasteiger partial charge is 0.469 e. The smallest absolute Gasteiger partial charge is 0.305 e. The van der Waals surface area contributed by atoms with Gasteiger partial charge in [0.2, 0.25) is 0 Å². The van der Waals surface area contributed by atoms with E-state index in [2.05, 4.69) is 11.7 Å². The second kappa shape index (κ2) is 20.0. The maximum Gasteiger partial charge on any atom is 0.305 e. The predicted molar refractivity (Wildman–Crippen MR) is 125 cm³/mol. The Kier molecular flexibility index (Phi) is 19.5. The molecule has 0 aliphatic heterocycles. The summed E-state index contributed by atoms with van der Waals surface area (Å²) in [5.41, 5.74) is -0.640. The zero-order chi connectivity index (χ0) is 23.4. The molecule has 3 N–H and O–H groups in total. The lowest BCUT2D eigenvalue weighted by Crippen LogP contribution is -2.39. The summed E-state index contributed by atoms with van der Waals surface area (Å²) in [6.07, 6.45) is 13.8. The van der Waals surface area contributed by atoms with Crippen LogP contribution in [0.15, 0.2) is 0 Å². The van der Waals surface area contributed by atoms with Gasteiger partial charge in [-0.05, 0) is 25.7 Å². The molecule has 6 nitrogen and oxygen atoms in total. The predicted octanol–water partition coefficient (Wildman–Crippen LogP) is 4.77. The molecule has 2 atom stereocenters. The fraction of sp³-hybridized carbons (Fsp3) is 0.960. The maximum absolute atomic E-state index is 11.1. The van der Waals surface area contributed by atoms with Gasteiger partial charge in [-0.1, -0.05) is 78.1 Å². The first kappa shape index (κ1) is 30.3. The Balaban J connectivity index is 4.39. The van der Waals surface area contributed by atoms with E-state index in [9.17, 15) is 20.1 Å². The van der Waals surface area contributed by atoms with Gasteiger partial charge in [0.05, 0.1) is 39.1 Å².